The van der Waals surface area contributed by atoms with Gasteiger partial charge < -0.3 is 24.9 Å². The zero-order valence-electron chi connectivity index (χ0n) is 22.3. The minimum Gasteiger partial charge on any atom is -0.418 e. The third-order valence-corrected chi connectivity index (χ3v) is 9.08. The molecule has 0 bridgehead atoms. The Kier molecular flexibility index (Phi) is 10.4. The number of aromatic nitrogens is 1. The zero-order chi connectivity index (χ0) is 30.3. The molecule has 0 fully saturated rings. The van der Waals surface area contributed by atoms with E-state index in [9.17, 15) is 36.3 Å². The van der Waals surface area contributed by atoms with Gasteiger partial charge in [0.15, 0.2) is 15.6 Å². The summed E-state index contributed by atoms with van der Waals surface area (Å²) in [5.41, 5.74) is 1.24. The van der Waals surface area contributed by atoms with E-state index in [4.69, 9.17) is 4.74 Å². The number of esters is 1. The minimum atomic E-state index is -5.22. The lowest BCUT2D eigenvalue weighted by molar-refractivity contribution is -0.189. The first-order valence-electron chi connectivity index (χ1n) is 13.0. The van der Waals surface area contributed by atoms with Crippen molar-refractivity contribution < 1.29 is 41.0 Å². The van der Waals surface area contributed by atoms with Gasteiger partial charge in [0.1, 0.15) is 5.52 Å². The number of ether oxygens (including phenoxy) is 2. The highest BCUT2D eigenvalue weighted by atomic mass is 32.2. The number of aliphatic hydroxyl groups excluding tert-OH is 1. The number of fused-ring (bicyclic) bond motifs is 2. The van der Waals surface area contributed by atoms with Crippen molar-refractivity contribution in [2.45, 2.75) is 25.1 Å². The van der Waals surface area contributed by atoms with Crippen molar-refractivity contribution in [1.82, 2.24) is 10.3 Å². The molecule has 0 aliphatic carbocycles. The predicted octanol–water partition coefficient (Wildman–Crippen LogP) is 3.90. The number of hydrogen-bond acceptors (Lipinski definition) is 9. The summed E-state index contributed by atoms with van der Waals surface area (Å²) in [5.74, 6) is -3.11. The van der Waals surface area contributed by atoms with Crippen LogP contribution in [0.25, 0.3) is 21.0 Å². The number of sulfone groups is 1. The molecule has 0 unspecified atom stereocenters. The van der Waals surface area contributed by atoms with Gasteiger partial charge in [-0.3, -0.25) is 4.79 Å². The van der Waals surface area contributed by atoms with Gasteiger partial charge in [-0.2, -0.15) is 13.2 Å². The maximum atomic E-state index is 12.6. The average Bonchev–Trinajstić information content (AvgIpc) is 3.33. The molecule has 226 valence electrons. The lowest BCUT2D eigenvalue weighted by Crippen LogP contribution is -2.28. The number of hydrogen-bond donors (Lipinski definition) is 3. The number of nitrogens with one attached hydrogen (secondary N) is 2. The Hall–Kier alpha value is -3.30. The molecule has 4 aromatic rings. The molecule has 0 spiro atoms. The lowest BCUT2D eigenvalue weighted by atomic mass is 10.0. The molecule has 4 rings (SSSR count). The Balaban J connectivity index is 1.19. The quantitative estimate of drug-likeness (QED) is 0.109. The number of benzene rings is 3. The molecular formula is C28H29F3N2O7S2. The highest BCUT2D eigenvalue weighted by Gasteiger charge is 2.41. The van der Waals surface area contributed by atoms with E-state index in [2.05, 4.69) is 15.0 Å². The summed E-state index contributed by atoms with van der Waals surface area (Å²) >= 11 is 0.650. The van der Waals surface area contributed by atoms with Gasteiger partial charge in [0.2, 0.25) is 0 Å². The molecule has 1 heterocycles. The lowest BCUT2D eigenvalue weighted by Gasteiger charge is -2.14. The second-order valence-corrected chi connectivity index (χ2v) is 12.8. The van der Waals surface area contributed by atoms with E-state index in [1.54, 1.807) is 0 Å². The molecular weight excluding hydrogens is 597 g/mol. The third kappa shape index (κ3) is 8.38. The van der Waals surface area contributed by atoms with E-state index < -0.39 is 38.7 Å². The zero-order valence-corrected chi connectivity index (χ0v) is 23.9. The fourth-order valence-corrected chi connectivity index (χ4v) is 6.46. The number of thiazole rings is 1. The molecule has 0 aliphatic rings. The summed E-state index contributed by atoms with van der Waals surface area (Å²) < 4.78 is 72.6. The van der Waals surface area contributed by atoms with Crippen LogP contribution in [-0.4, -0.2) is 68.5 Å². The number of alkyl halides is 3. The molecule has 0 radical (unpaired) electrons. The molecule has 0 saturated carbocycles. The first-order chi connectivity index (χ1) is 19.9. The van der Waals surface area contributed by atoms with Gasteiger partial charge in [-0.05, 0) is 41.8 Å². The van der Waals surface area contributed by atoms with Crippen LogP contribution in [0.1, 0.15) is 23.7 Å². The predicted molar refractivity (Wildman–Crippen MR) is 154 cm³/mol. The van der Waals surface area contributed by atoms with Crippen LogP contribution in [0.3, 0.4) is 0 Å². The van der Waals surface area contributed by atoms with E-state index in [0.29, 0.717) is 24.4 Å². The van der Waals surface area contributed by atoms with Crippen molar-refractivity contribution in [3.8, 4) is 5.75 Å². The molecule has 3 N–H and O–H groups in total. The molecule has 9 nitrogen and oxygen atoms in total. The van der Waals surface area contributed by atoms with Gasteiger partial charge in [-0.25, -0.2) is 13.2 Å². The van der Waals surface area contributed by atoms with Crippen LogP contribution in [0.4, 0.5) is 13.2 Å². The van der Waals surface area contributed by atoms with Gasteiger partial charge in [0, 0.05) is 12.1 Å². The molecule has 0 aliphatic heterocycles. The fraction of sp³-hybridized carbons (Fsp3) is 0.357. The third-order valence-electron chi connectivity index (χ3n) is 6.45. The monoisotopic (exact) mass is 626 g/mol. The van der Waals surface area contributed by atoms with Gasteiger partial charge >= 0.3 is 17.0 Å². The first-order valence-corrected chi connectivity index (χ1v) is 15.7. The highest BCUT2D eigenvalue weighted by Crippen LogP contribution is 2.33. The number of rotatable bonds is 14. The standard InChI is InChI=1S/C28H29F3N2O7S2/c29-28(30,31)26(35)40-23-10-9-21(25-24(23)33-27(36)41-25)22(34)17-32-12-4-15-42(37,38)16-14-39-13-11-19-7-3-6-18-5-1-2-8-20(18)19/h1-3,5-10,22,32,34H,4,11-17H2,(H,33,36)/t22-/m0/s1. The normalized spacial score (nSPS) is 13.0. The van der Waals surface area contributed by atoms with Gasteiger partial charge in [0.05, 0.1) is 35.5 Å². The van der Waals surface area contributed by atoms with Crippen LogP contribution in [0.5, 0.6) is 5.75 Å². The summed E-state index contributed by atoms with van der Waals surface area (Å²) in [7, 11) is -3.35. The number of carbonyl (C=O) groups excluding carboxylic acids is 1. The molecule has 1 aromatic heterocycles. The SMILES string of the molecule is O=C(Oc1ccc([C@@H](O)CNCCCS(=O)(=O)CCOCCc2cccc3ccccc23)c2sc(=O)[nH]c12)C(F)(F)F. The maximum Gasteiger partial charge on any atom is 0.491 e. The summed E-state index contributed by atoms with van der Waals surface area (Å²) in [6.07, 6.45) is -5.44. The van der Waals surface area contributed by atoms with E-state index >= 15 is 0 Å². The van der Waals surface area contributed by atoms with Gasteiger partial charge in [-0.15, -0.1) is 0 Å². The van der Waals surface area contributed by atoms with E-state index in [1.165, 1.54) is 6.07 Å². The van der Waals surface area contributed by atoms with E-state index in [1.807, 2.05) is 42.5 Å². The Morgan fingerprint density at radius 2 is 1.81 bits per heavy atom. The Morgan fingerprint density at radius 1 is 1.05 bits per heavy atom. The van der Waals surface area contributed by atoms with Crippen LogP contribution in [0.15, 0.2) is 59.4 Å². The molecule has 42 heavy (non-hydrogen) atoms. The molecule has 0 amide bonds. The van der Waals surface area contributed by atoms with Crippen LogP contribution in [0.2, 0.25) is 0 Å². The van der Waals surface area contributed by atoms with Crippen molar-refractivity contribution in [2.75, 3.05) is 37.8 Å². The van der Waals surface area contributed by atoms with Crippen molar-refractivity contribution >= 4 is 48.1 Å². The summed E-state index contributed by atoms with van der Waals surface area (Å²) in [6.45, 7) is 0.743. The van der Waals surface area contributed by atoms with Gasteiger partial charge in [0.25, 0.3) is 0 Å². The smallest absolute Gasteiger partial charge is 0.418 e. The van der Waals surface area contributed by atoms with Crippen LogP contribution < -0.4 is 14.9 Å². The van der Waals surface area contributed by atoms with Gasteiger partial charge in [-0.1, -0.05) is 59.9 Å². The van der Waals surface area contributed by atoms with Crippen molar-refractivity contribution in [2.24, 2.45) is 0 Å². The molecule has 3 aromatic carbocycles. The highest BCUT2D eigenvalue weighted by molar-refractivity contribution is 7.91. The van der Waals surface area contributed by atoms with E-state index in [0.717, 1.165) is 22.4 Å². The number of carbonyl (C=O) groups is 1. The summed E-state index contributed by atoms with van der Waals surface area (Å²) in [4.78, 5) is 24.8. The Labute approximate surface area is 243 Å². The van der Waals surface area contributed by atoms with Crippen molar-refractivity contribution in [3.05, 3.63) is 75.4 Å². The van der Waals surface area contributed by atoms with E-state index in [-0.39, 0.29) is 53.4 Å². The average molecular weight is 627 g/mol. The second kappa shape index (κ2) is 13.8. The Bertz CT molecular complexity index is 1700. The second-order valence-electron chi connectivity index (χ2n) is 9.48. The summed E-state index contributed by atoms with van der Waals surface area (Å²) in [6, 6.07) is 16.4. The van der Waals surface area contributed by atoms with Crippen LogP contribution in [0, 0.1) is 0 Å². The number of aliphatic hydroxyl groups is 1. The fourth-order valence-electron chi connectivity index (χ4n) is 4.38. The first kappa shape index (κ1) is 31.6. The number of H-pyrrole nitrogens is 1. The summed E-state index contributed by atoms with van der Waals surface area (Å²) in [5, 5.41) is 15.8. The van der Waals surface area contributed by atoms with Crippen molar-refractivity contribution in [1.29, 1.82) is 0 Å². The number of aromatic amines is 1. The minimum absolute atomic E-state index is 0.0137. The molecule has 14 heteroatoms. The largest absolute Gasteiger partial charge is 0.491 e. The number of halogens is 3. The van der Waals surface area contributed by atoms with Crippen molar-refractivity contribution in [3.63, 3.8) is 0 Å². The molecule has 0 saturated heterocycles. The maximum absolute atomic E-state index is 12.6. The molecule has 1 atom stereocenters. The Morgan fingerprint density at radius 3 is 2.60 bits per heavy atom. The topological polar surface area (TPSA) is 135 Å². The van der Waals surface area contributed by atoms with Crippen LogP contribution >= 0.6 is 11.3 Å². The van der Waals surface area contributed by atoms with Crippen LogP contribution in [-0.2, 0) is 25.8 Å².